The van der Waals surface area contributed by atoms with Crippen molar-refractivity contribution >= 4 is 5.91 Å². The van der Waals surface area contributed by atoms with E-state index in [-0.39, 0.29) is 11.9 Å². The molecule has 0 saturated carbocycles. The molecular weight excluding hydrogens is 216 g/mol. The zero-order valence-electron chi connectivity index (χ0n) is 11.3. The largest absolute Gasteiger partial charge is 0.340 e. The fraction of sp³-hybridized carbons (Fsp3) is 0.917. The van der Waals surface area contributed by atoms with Crippen molar-refractivity contribution in [2.24, 2.45) is 0 Å². The van der Waals surface area contributed by atoms with Gasteiger partial charge in [-0.25, -0.2) is 0 Å². The van der Waals surface area contributed by atoms with Gasteiger partial charge in [0.2, 0.25) is 5.91 Å². The third kappa shape index (κ3) is 5.02. The molecule has 0 bridgehead atoms. The fourth-order valence-electron chi connectivity index (χ4n) is 1.97. The summed E-state index contributed by atoms with van der Waals surface area (Å²) in [5, 5.41) is 6.54. The highest BCUT2D eigenvalue weighted by Gasteiger charge is 2.24. The third-order valence-electron chi connectivity index (χ3n) is 2.96. The van der Waals surface area contributed by atoms with Crippen LogP contribution in [0.25, 0.3) is 0 Å². The van der Waals surface area contributed by atoms with Crippen molar-refractivity contribution in [1.29, 1.82) is 0 Å². The van der Waals surface area contributed by atoms with Crippen LogP contribution in [0.15, 0.2) is 0 Å². The van der Waals surface area contributed by atoms with Crippen molar-refractivity contribution in [1.82, 2.24) is 20.4 Å². The Bertz CT molecular complexity index is 227. The van der Waals surface area contributed by atoms with E-state index in [1.807, 2.05) is 19.0 Å². The molecule has 1 aliphatic heterocycles. The summed E-state index contributed by atoms with van der Waals surface area (Å²) in [5.74, 6) is 0.237. The molecule has 1 rings (SSSR count). The number of nitrogens with zero attached hydrogens (tertiary/aromatic N) is 2. The van der Waals surface area contributed by atoms with E-state index in [0.717, 1.165) is 45.7 Å². The third-order valence-corrected chi connectivity index (χ3v) is 2.96. The first-order chi connectivity index (χ1) is 8.15. The van der Waals surface area contributed by atoms with Gasteiger partial charge < -0.3 is 20.4 Å². The normalized spacial score (nSPS) is 20.6. The molecule has 1 saturated heterocycles. The minimum absolute atomic E-state index is 0.0440. The Kier molecular flexibility index (Phi) is 6.47. The second-order valence-corrected chi connectivity index (χ2v) is 4.84. The van der Waals surface area contributed by atoms with Crippen LogP contribution in [-0.2, 0) is 4.79 Å². The van der Waals surface area contributed by atoms with Gasteiger partial charge in [-0.15, -0.1) is 0 Å². The van der Waals surface area contributed by atoms with Crippen molar-refractivity contribution in [3.8, 4) is 0 Å². The second kappa shape index (κ2) is 7.63. The highest BCUT2D eigenvalue weighted by atomic mass is 16.2. The van der Waals surface area contributed by atoms with Crippen LogP contribution in [-0.4, -0.2) is 75.1 Å². The first-order valence-corrected chi connectivity index (χ1v) is 6.52. The van der Waals surface area contributed by atoms with E-state index in [4.69, 9.17) is 0 Å². The lowest BCUT2D eigenvalue weighted by Gasteiger charge is -2.31. The summed E-state index contributed by atoms with van der Waals surface area (Å²) < 4.78 is 0. The van der Waals surface area contributed by atoms with E-state index < -0.39 is 0 Å². The van der Waals surface area contributed by atoms with E-state index >= 15 is 0 Å². The number of hydrogen-bond acceptors (Lipinski definition) is 4. The van der Waals surface area contributed by atoms with Crippen molar-refractivity contribution in [2.75, 3.05) is 53.4 Å². The first kappa shape index (κ1) is 14.4. The maximum Gasteiger partial charge on any atom is 0.241 e. The van der Waals surface area contributed by atoms with E-state index in [1.165, 1.54) is 0 Å². The average Bonchev–Trinajstić information content (AvgIpc) is 2.34. The Morgan fingerprint density at radius 3 is 2.53 bits per heavy atom. The Morgan fingerprint density at radius 1 is 1.24 bits per heavy atom. The van der Waals surface area contributed by atoms with Crippen LogP contribution in [0.1, 0.15) is 13.3 Å². The standard InChI is InChI=1S/C12H26N4O/c1-4-7-16(9-8-15(2)3)12(17)11-10-13-5-6-14-11/h11,13-14H,4-10H2,1-3H3. The van der Waals surface area contributed by atoms with Gasteiger partial charge in [-0.1, -0.05) is 6.92 Å². The molecule has 0 spiro atoms. The topological polar surface area (TPSA) is 47.6 Å². The summed E-state index contributed by atoms with van der Waals surface area (Å²) in [6.45, 7) is 7.29. The molecule has 1 amide bonds. The number of piperazine rings is 1. The summed E-state index contributed by atoms with van der Waals surface area (Å²) in [4.78, 5) is 16.4. The minimum atomic E-state index is -0.0440. The quantitative estimate of drug-likeness (QED) is 0.650. The van der Waals surface area contributed by atoms with Gasteiger partial charge in [0, 0.05) is 39.3 Å². The maximum atomic E-state index is 12.3. The zero-order chi connectivity index (χ0) is 12.7. The van der Waals surface area contributed by atoms with Gasteiger partial charge in [0.25, 0.3) is 0 Å². The molecule has 1 heterocycles. The average molecular weight is 242 g/mol. The number of rotatable bonds is 6. The fourth-order valence-corrected chi connectivity index (χ4v) is 1.97. The molecule has 1 aliphatic rings. The smallest absolute Gasteiger partial charge is 0.241 e. The minimum Gasteiger partial charge on any atom is -0.340 e. The number of carbonyl (C=O) groups excluding carboxylic acids is 1. The van der Waals surface area contributed by atoms with Crippen LogP contribution in [0.3, 0.4) is 0 Å². The van der Waals surface area contributed by atoms with E-state index in [9.17, 15) is 4.79 Å². The van der Waals surface area contributed by atoms with Crippen LogP contribution < -0.4 is 10.6 Å². The lowest BCUT2D eigenvalue weighted by Crippen LogP contribution is -2.57. The molecule has 1 atom stereocenters. The molecule has 0 aromatic heterocycles. The van der Waals surface area contributed by atoms with Gasteiger partial charge in [-0.3, -0.25) is 4.79 Å². The molecule has 0 aromatic rings. The molecule has 0 aliphatic carbocycles. The molecular formula is C12H26N4O. The number of likely N-dealkylation sites (N-methyl/N-ethyl adjacent to an activating group) is 1. The second-order valence-electron chi connectivity index (χ2n) is 4.84. The molecule has 100 valence electrons. The lowest BCUT2D eigenvalue weighted by molar-refractivity contribution is -0.133. The van der Waals surface area contributed by atoms with Crippen molar-refractivity contribution < 1.29 is 4.79 Å². The predicted molar refractivity (Wildman–Crippen MR) is 70.1 cm³/mol. The van der Waals surface area contributed by atoms with E-state index in [0.29, 0.717) is 0 Å². The monoisotopic (exact) mass is 242 g/mol. The molecule has 2 N–H and O–H groups in total. The zero-order valence-corrected chi connectivity index (χ0v) is 11.3. The number of carbonyl (C=O) groups is 1. The molecule has 1 fully saturated rings. The van der Waals surface area contributed by atoms with Crippen LogP contribution in [0.2, 0.25) is 0 Å². The number of nitrogens with one attached hydrogen (secondary N) is 2. The predicted octanol–water partition coefficient (Wildman–Crippen LogP) is -0.652. The van der Waals surface area contributed by atoms with Crippen molar-refractivity contribution in [3.63, 3.8) is 0 Å². The summed E-state index contributed by atoms with van der Waals surface area (Å²) in [7, 11) is 4.07. The van der Waals surface area contributed by atoms with Crippen LogP contribution in [0, 0.1) is 0 Å². The molecule has 5 heteroatoms. The van der Waals surface area contributed by atoms with Crippen molar-refractivity contribution in [3.05, 3.63) is 0 Å². The highest BCUT2D eigenvalue weighted by molar-refractivity contribution is 5.82. The summed E-state index contributed by atoms with van der Waals surface area (Å²) in [6.07, 6.45) is 1.01. The Hall–Kier alpha value is -0.650. The molecule has 0 aromatic carbocycles. The summed E-state index contributed by atoms with van der Waals surface area (Å²) in [6, 6.07) is -0.0440. The van der Waals surface area contributed by atoms with Gasteiger partial charge >= 0.3 is 0 Å². The highest BCUT2D eigenvalue weighted by Crippen LogP contribution is 1.99. The van der Waals surface area contributed by atoms with Crippen molar-refractivity contribution in [2.45, 2.75) is 19.4 Å². The Balaban J connectivity index is 2.46. The molecule has 17 heavy (non-hydrogen) atoms. The van der Waals surface area contributed by atoms with E-state index in [1.54, 1.807) is 0 Å². The molecule has 0 radical (unpaired) electrons. The first-order valence-electron chi connectivity index (χ1n) is 6.52. The molecule has 1 unspecified atom stereocenters. The molecule has 5 nitrogen and oxygen atoms in total. The van der Waals surface area contributed by atoms with Crippen LogP contribution in [0.5, 0.6) is 0 Å². The van der Waals surface area contributed by atoms with Gasteiger partial charge in [0.1, 0.15) is 0 Å². The van der Waals surface area contributed by atoms with Crippen LogP contribution >= 0.6 is 0 Å². The lowest BCUT2D eigenvalue weighted by atomic mass is 10.2. The Morgan fingerprint density at radius 2 is 2.00 bits per heavy atom. The van der Waals surface area contributed by atoms with E-state index in [2.05, 4.69) is 22.5 Å². The Labute approximate surface area is 105 Å². The van der Waals surface area contributed by atoms with Gasteiger partial charge in [0.15, 0.2) is 0 Å². The number of amides is 1. The maximum absolute atomic E-state index is 12.3. The summed E-state index contributed by atoms with van der Waals surface area (Å²) in [5.41, 5.74) is 0. The van der Waals surface area contributed by atoms with Gasteiger partial charge in [-0.05, 0) is 20.5 Å². The number of hydrogen-bond donors (Lipinski definition) is 2. The van der Waals surface area contributed by atoms with Gasteiger partial charge in [-0.2, -0.15) is 0 Å². The van der Waals surface area contributed by atoms with Gasteiger partial charge in [0.05, 0.1) is 6.04 Å². The summed E-state index contributed by atoms with van der Waals surface area (Å²) >= 11 is 0. The van der Waals surface area contributed by atoms with Crippen LogP contribution in [0.4, 0.5) is 0 Å². The SMILES string of the molecule is CCCN(CCN(C)C)C(=O)C1CNCCN1.